The second-order valence-corrected chi connectivity index (χ2v) is 8.85. The monoisotopic (exact) mass is 470 g/mol. The maximum Gasteiger partial charge on any atom is 0.416 e. The topological polar surface area (TPSA) is 81.8 Å². The fraction of sp³-hybridized carbons (Fsp3) is 0.609. The van der Waals surface area contributed by atoms with Crippen molar-refractivity contribution in [2.75, 3.05) is 31.5 Å². The predicted molar refractivity (Wildman–Crippen MR) is 119 cm³/mol. The number of alkyl halides is 3. The summed E-state index contributed by atoms with van der Waals surface area (Å²) in [5.41, 5.74) is -0.788. The van der Waals surface area contributed by atoms with Gasteiger partial charge in [-0.15, -0.1) is 0 Å². The minimum Gasteiger partial charge on any atom is -0.344 e. The minimum absolute atomic E-state index is 0.0455. The molecule has 1 aliphatic heterocycles. The highest BCUT2D eigenvalue weighted by molar-refractivity contribution is 5.90. The van der Waals surface area contributed by atoms with Crippen LogP contribution in [-0.4, -0.2) is 59.9 Å². The van der Waals surface area contributed by atoms with Crippen molar-refractivity contribution in [3.05, 3.63) is 29.8 Å². The predicted octanol–water partition coefficient (Wildman–Crippen LogP) is 3.96. The molecule has 1 aliphatic rings. The normalized spacial score (nSPS) is 16.4. The van der Waals surface area contributed by atoms with Crippen LogP contribution in [0.2, 0.25) is 0 Å². The van der Waals surface area contributed by atoms with Crippen molar-refractivity contribution in [3.8, 4) is 0 Å². The molecule has 1 aromatic rings. The Morgan fingerprint density at radius 2 is 1.64 bits per heavy atom. The molecule has 1 fully saturated rings. The average Bonchev–Trinajstić information content (AvgIpc) is 2.75. The third kappa shape index (κ3) is 7.64. The summed E-state index contributed by atoms with van der Waals surface area (Å²) in [7, 11) is 0. The summed E-state index contributed by atoms with van der Waals surface area (Å²) in [6, 6.07) is 3.29. The number of urea groups is 1. The molecule has 4 amide bonds. The van der Waals surface area contributed by atoms with Crippen LogP contribution in [0.4, 0.5) is 23.7 Å². The van der Waals surface area contributed by atoms with E-state index in [-0.39, 0.29) is 55.5 Å². The van der Waals surface area contributed by atoms with Gasteiger partial charge in [-0.05, 0) is 30.0 Å². The Hall–Kier alpha value is -2.78. The van der Waals surface area contributed by atoms with E-state index in [2.05, 4.69) is 10.6 Å². The third-order valence-corrected chi connectivity index (χ3v) is 5.71. The van der Waals surface area contributed by atoms with E-state index >= 15 is 0 Å². The molecule has 2 rings (SSSR count). The first-order valence-corrected chi connectivity index (χ1v) is 11.2. The van der Waals surface area contributed by atoms with Gasteiger partial charge in [-0.2, -0.15) is 13.2 Å². The van der Waals surface area contributed by atoms with Gasteiger partial charge >= 0.3 is 12.2 Å². The number of nitrogens with one attached hydrogen (secondary N) is 2. The lowest BCUT2D eigenvalue weighted by molar-refractivity contribution is -0.139. The lowest BCUT2D eigenvalue weighted by Crippen LogP contribution is -2.57. The zero-order valence-electron chi connectivity index (χ0n) is 19.5. The van der Waals surface area contributed by atoms with E-state index in [0.29, 0.717) is 6.42 Å². The van der Waals surface area contributed by atoms with Crippen molar-refractivity contribution in [2.45, 2.75) is 52.8 Å². The Bertz CT molecular complexity index is 836. The molecule has 1 aromatic carbocycles. The summed E-state index contributed by atoms with van der Waals surface area (Å²) in [4.78, 5) is 41.0. The quantitative estimate of drug-likeness (QED) is 0.633. The summed E-state index contributed by atoms with van der Waals surface area (Å²) in [5.74, 6) is -0.213. The van der Waals surface area contributed by atoms with Crippen LogP contribution in [0.25, 0.3) is 0 Å². The van der Waals surface area contributed by atoms with Crippen LogP contribution in [0.3, 0.4) is 0 Å². The summed E-state index contributed by atoms with van der Waals surface area (Å²) in [5, 5.41) is 5.35. The second kappa shape index (κ2) is 11.4. The number of rotatable bonds is 7. The van der Waals surface area contributed by atoms with Gasteiger partial charge < -0.3 is 20.4 Å². The SMILES string of the molecule is CCC(C)C(NC(=O)CC(C)C)C(=O)N1CCN(C(=O)Nc2cccc(C(F)(F)F)c2)CC1. The summed E-state index contributed by atoms with van der Waals surface area (Å²) in [6.45, 7) is 8.77. The van der Waals surface area contributed by atoms with E-state index in [1.54, 1.807) is 4.90 Å². The van der Waals surface area contributed by atoms with Crippen LogP contribution in [0, 0.1) is 11.8 Å². The molecule has 0 aliphatic carbocycles. The third-order valence-electron chi connectivity index (χ3n) is 5.71. The Morgan fingerprint density at radius 3 is 2.18 bits per heavy atom. The van der Waals surface area contributed by atoms with Crippen molar-refractivity contribution >= 4 is 23.5 Å². The molecule has 0 aromatic heterocycles. The minimum atomic E-state index is -4.50. The second-order valence-electron chi connectivity index (χ2n) is 8.85. The molecule has 0 bridgehead atoms. The molecular formula is C23H33F3N4O3. The van der Waals surface area contributed by atoms with Crippen molar-refractivity contribution in [1.29, 1.82) is 0 Å². The summed E-state index contributed by atoms with van der Waals surface area (Å²) >= 11 is 0. The van der Waals surface area contributed by atoms with Gasteiger partial charge in [0.1, 0.15) is 6.04 Å². The van der Waals surface area contributed by atoms with Gasteiger partial charge in [-0.3, -0.25) is 9.59 Å². The largest absolute Gasteiger partial charge is 0.416 e. The van der Waals surface area contributed by atoms with Gasteiger partial charge in [-0.1, -0.05) is 40.2 Å². The van der Waals surface area contributed by atoms with Gasteiger partial charge in [0.05, 0.1) is 5.56 Å². The molecule has 0 radical (unpaired) electrons. The highest BCUT2D eigenvalue weighted by Gasteiger charge is 2.33. The Morgan fingerprint density at radius 1 is 1.03 bits per heavy atom. The van der Waals surface area contributed by atoms with Crippen molar-refractivity contribution in [2.24, 2.45) is 11.8 Å². The lowest BCUT2D eigenvalue weighted by Gasteiger charge is -2.37. The van der Waals surface area contributed by atoms with E-state index in [4.69, 9.17) is 0 Å². The Labute approximate surface area is 192 Å². The standard InChI is InChI=1S/C23H33F3N4O3/c1-5-16(4)20(28-19(31)13-15(2)3)21(32)29-9-11-30(12-10-29)22(33)27-18-8-6-7-17(14-18)23(24,25)26/h6-8,14-16,20H,5,9-13H2,1-4H3,(H,27,33)(H,28,31). The molecule has 0 spiro atoms. The first-order valence-electron chi connectivity index (χ1n) is 11.2. The molecule has 10 heteroatoms. The van der Waals surface area contributed by atoms with Crippen molar-refractivity contribution < 1.29 is 27.6 Å². The fourth-order valence-corrected chi connectivity index (χ4v) is 3.59. The first kappa shape index (κ1) is 26.5. The molecule has 33 heavy (non-hydrogen) atoms. The molecular weight excluding hydrogens is 437 g/mol. The van der Waals surface area contributed by atoms with Crippen LogP contribution in [0.1, 0.15) is 46.1 Å². The number of hydrogen-bond acceptors (Lipinski definition) is 3. The van der Waals surface area contributed by atoms with Crippen molar-refractivity contribution in [1.82, 2.24) is 15.1 Å². The van der Waals surface area contributed by atoms with Crippen molar-refractivity contribution in [3.63, 3.8) is 0 Å². The molecule has 1 heterocycles. The molecule has 0 saturated carbocycles. The van der Waals surface area contributed by atoms with Crippen LogP contribution in [0.5, 0.6) is 0 Å². The zero-order chi connectivity index (χ0) is 24.8. The van der Waals surface area contributed by atoms with E-state index in [9.17, 15) is 27.6 Å². The fourth-order valence-electron chi connectivity index (χ4n) is 3.59. The van der Waals surface area contributed by atoms with Crippen LogP contribution >= 0.6 is 0 Å². The molecule has 2 N–H and O–H groups in total. The van der Waals surface area contributed by atoms with Crippen LogP contribution in [0.15, 0.2) is 24.3 Å². The zero-order valence-corrected chi connectivity index (χ0v) is 19.5. The van der Waals surface area contributed by atoms with Gasteiger partial charge in [0.2, 0.25) is 11.8 Å². The lowest BCUT2D eigenvalue weighted by atomic mass is 9.97. The maximum atomic E-state index is 13.1. The number of amides is 4. The Kier molecular flexibility index (Phi) is 9.13. The van der Waals surface area contributed by atoms with Gasteiger partial charge in [0.15, 0.2) is 0 Å². The van der Waals surface area contributed by atoms with E-state index in [0.717, 1.165) is 18.6 Å². The van der Waals surface area contributed by atoms with Crippen LogP contribution < -0.4 is 10.6 Å². The van der Waals surface area contributed by atoms with Gasteiger partial charge in [0.25, 0.3) is 0 Å². The molecule has 2 unspecified atom stereocenters. The number of carbonyl (C=O) groups excluding carboxylic acids is 3. The molecule has 184 valence electrons. The number of carbonyl (C=O) groups is 3. The number of benzene rings is 1. The number of anilines is 1. The van der Waals surface area contributed by atoms with Gasteiger partial charge in [-0.25, -0.2) is 4.79 Å². The number of hydrogen-bond donors (Lipinski definition) is 2. The smallest absolute Gasteiger partial charge is 0.344 e. The molecule has 1 saturated heterocycles. The number of piperazine rings is 1. The number of halogens is 3. The maximum absolute atomic E-state index is 13.1. The Balaban J connectivity index is 1.96. The summed E-state index contributed by atoms with van der Waals surface area (Å²) in [6.07, 6.45) is -3.44. The van der Waals surface area contributed by atoms with Crippen LogP contribution in [-0.2, 0) is 15.8 Å². The summed E-state index contributed by atoms with van der Waals surface area (Å²) < 4.78 is 38.6. The van der Waals surface area contributed by atoms with Gasteiger partial charge in [0, 0.05) is 38.3 Å². The van der Waals surface area contributed by atoms with E-state index in [1.165, 1.54) is 17.0 Å². The molecule has 7 nitrogen and oxygen atoms in total. The number of nitrogens with zero attached hydrogens (tertiary/aromatic N) is 2. The van der Waals surface area contributed by atoms with E-state index < -0.39 is 23.8 Å². The highest BCUT2D eigenvalue weighted by atomic mass is 19.4. The van der Waals surface area contributed by atoms with E-state index in [1.807, 2.05) is 27.7 Å². The average molecular weight is 471 g/mol. The molecule has 2 atom stereocenters. The highest BCUT2D eigenvalue weighted by Crippen LogP contribution is 2.30. The first-order chi connectivity index (χ1) is 15.4.